The van der Waals surface area contributed by atoms with Gasteiger partial charge in [0.05, 0.1) is 4.90 Å². The van der Waals surface area contributed by atoms with Crippen LogP contribution in [0.2, 0.25) is 0 Å². The van der Waals surface area contributed by atoms with Crippen LogP contribution >= 0.6 is 0 Å². The van der Waals surface area contributed by atoms with Gasteiger partial charge in [0, 0.05) is 18.2 Å². The molecular weight excluding hydrogens is 312 g/mol. The number of carbonyl (C=O) groups is 1. The molecule has 0 aliphatic heterocycles. The van der Waals surface area contributed by atoms with E-state index in [1.165, 1.54) is 12.1 Å². The van der Waals surface area contributed by atoms with Crippen LogP contribution in [0.1, 0.15) is 43.0 Å². The smallest absolute Gasteiger partial charge is 0.336 e. The Hall–Kier alpha value is -1.50. The van der Waals surface area contributed by atoms with Gasteiger partial charge in [-0.05, 0) is 44.0 Å². The Kier molecular flexibility index (Phi) is 5.16. The summed E-state index contributed by atoms with van der Waals surface area (Å²) >= 11 is 0. The Morgan fingerprint density at radius 1 is 1.23 bits per heavy atom. The van der Waals surface area contributed by atoms with Crippen molar-refractivity contribution in [2.75, 3.05) is 6.54 Å². The molecular formula is C15H19F2NO3S. The predicted octanol–water partition coefficient (Wildman–Crippen LogP) is 3.09. The Balaban J connectivity index is 2.20. The fourth-order valence-corrected chi connectivity index (χ4v) is 3.56. The second-order valence-corrected chi connectivity index (χ2v) is 7.28. The molecule has 4 nitrogen and oxygen atoms in total. The average Bonchev–Trinajstić information content (AvgIpc) is 3.02. The van der Waals surface area contributed by atoms with Crippen LogP contribution in [-0.4, -0.2) is 37.6 Å². The molecule has 1 aromatic carbocycles. The summed E-state index contributed by atoms with van der Waals surface area (Å²) in [6.45, 7) is 2.46. The van der Waals surface area contributed by atoms with Gasteiger partial charge in [0.15, 0.2) is 0 Å². The highest BCUT2D eigenvalue weighted by molar-refractivity contribution is 7.91. The van der Waals surface area contributed by atoms with Gasteiger partial charge in [0.2, 0.25) is 9.84 Å². The summed E-state index contributed by atoms with van der Waals surface area (Å²) in [4.78, 5) is 13.8. The predicted molar refractivity (Wildman–Crippen MR) is 78.6 cm³/mol. The molecule has 0 heterocycles. The van der Waals surface area contributed by atoms with Crippen molar-refractivity contribution in [2.24, 2.45) is 0 Å². The van der Waals surface area contributed by atoms with Crippen LogP contribution in [0.5, 0.6) is 0 Å². The van der Waals surface area contributed by atoms with Crippen molar-refractivity contribution in [3.8, 4) is 0 Å². The van der Waals surface area contributed by atoms with Crippen LogP contribution in [0, 0.1) is 0 Å². The van der Waals surface area contributed by atoms with Crippen LogP contribution in [-0.2, 0) is 9.84 Å². The van der Waals surface area contributed by atoms with E-state index in [4.69, 9.17) is 0 Å². The number of benzene rings is 1. The largest absolute Gasteiger partial charge is 0.341 e. The average molecular weight is 331 g/mol. The monoisotopic (exact) mass is 331 g/mol. The zero-order chi connectivity index (χ0) is 16.3. The summed E-state index contributed by atoms with van der Waals surface area (Å²) in [6.07, 6.45) is 4.13. The van der Waals surface area contributed by atoms with Gasteiger partial charge in [0.1, 0.15) is 0 Å². The maximum Gasteiger partial charge on any atom is 0.341 e. The molecule has 1 saturated carbocycles. The normalized spacial score (nSPS) is 16.2. The van der Waals surface area contributed by atoms with Crippen LogP contribution in [0.4, 0.5) is 8.78 Å². The van der Waals surface area contributed by atoms with Crippen LogP contribution in [0.15, 0.2) is 29.2 Å². The van der Waals surface area contributed by atoms with E-state index in [2.05, 4.69) is 0 Å². The summed E-state index contributed by atoms with van der Waals surface area (Å²) in [6, 6.07) is 4.95. The van der Waals surface area contributed by atoms with Crippen molar-refractivity contribution < 1.29 is 22.0 Å². The Bertz CT molecular complexity index is 623. The van der Waals surface area contributed by atoms with Gasteiger partial charge in [-0.25, -0.2) is 8.42 Å². The summed E-state index contributed by atoms with van der Waals surface area (Å²) < 4.78 is 47.7. The molecule has 122 valence electrons. The number of rotatable bonds is 5. The van der Waals surface area contributed by atoms with Gasteiger partial charge in [-0.15, -0.1) is 0 Å². The first-order valence-corrected chi connectivity index (χ1v) is 8.85. The van der Waals surface area contributed by atoms with E-state index in [1.54, 1.807) is 4.90 Å². The first-order valence-electron chi connectivity index (χ1n) is 7.31. The van der Waals surface area contributed by atoms with Gasteiger partial charge in [0.25, 0.3) is 5.91 Å². The molecule has 1 aliphatic carbocycles. The molecule has 1 aliphatic rings. The summed E-state index contributed by atoms with van der Waals surface area (Å²) in [5, 5.41) is 0. The lowest BCUT2D eigenvalue weighted by molar-refractivity contribution is 0.0693. The molecule has 0 spiro atoms. The number of halogens is 2. The van der Waals surface area contributed by atoms with Gasteiger partial charge in [-0.3, -0.25) is 4.79 Å². The Morgan fingerprint density at radius 2 is 1.77 bits per heavy atom. The molecule has 0 radical (unpaired) electrons. The zero-order valence-electron chi connectivity index (χ0n) is 12.3. The highest BCUT2D eigenvalue weighted by Crippen LogP contribution is 2.25. The Labute approximate surface area is 129 Å². The van der Waals surface area contributed by atoms with Gasteiger partial charge in [-0.2, -0.15) is 8.78 Å². The van der Waals surface area contributed by atoms with Crippen molar-refractivity contribution in [2.45, 2.75) is 49.3 Å². The number of nitrogens with zero attached hydrogens (tertiary/aromatic N) is 1. The van der Waals surface area contributed by atoms with E-state index >= 15 is 0 Å². The molecule has 0 aromatic heterocycles. The molecule has 7 heteroatoms. The minimum atomic E-state index is -4.62. The first kappa shape index (κ1) is 16.9. The second-order valence-electron chi connectivity index (χ2n) is 5.36. The molecule has 0 unspecified atom stereocenters. The molecule has 0 atom stereocenters. The fourth-order valence-electron chi connectivity index (χ4n) is 2.84. The van der Waals surface area contributed by atoms with Gasteiger partial charge >= 0.3 is 5.76 Å². The van der Waals surface area contributed by atoms with Crippen LogP contribution < -0.4 is 0 Å². The maximum absolute atomic E-state index is 12.5. The van der Waals surface area contributed by atoms with Crippen LogP contribution in [0.25, 0.3) is 0 Å². The number of alkyl halides is 2. The van der Waals surface area contributed by atoms with Crippen molar-refractivity contribution in [1.82, 2.24) is 4.90 Å². The number of sulfone groups is 1. The maximum atomic E-state index is 12.5. The highest BCUT2D eigenvalue weighted by atomic mass is 32.2. The molecule has 22 heavy (non-hydrogen) atoms. The summed E-state index contributed by atoms with van der Waals surface area (Å²) in [7, 11) is -4.62. The number of hydrogen-bond donors (Lipinski definition) is 0. The van der Waals surface area contributed by atoms with E-state index in [1.807, 2.05) is 6.92 Å². The highest BCUT2D eigenvalue weighted by Gasteiger charge is 2.28. The number of hydrogen-bond acceptors (Lipinski definition) is 3. The van der Waals surface area contributed by atoms with Gasteiger partial charge < -0.3 is 4.90 Å². The number of amides is 1. The van der Waals surface area contributed by atoms with E-state index < -0.39 is 20.5 Å². The molecule has 1 fully saturated rings. The topological polar surface area (TPSA) is 54.5 Å². The first-order chi connectivity index (χ1) is 10.4. The quantitative estimate of drug-likeness (QED) is 0.833. The molecule has 0 saturated heterocycles. The van der Waals surface area contributed by atoms with Crippen molar-refractivity contribution >= 4 is 15.7 Å². The third kappa shape index (κ3) is 3.29. The Morgan fingerprint density at radius 3 is 2.23 bits per heavy atom. The lowest BCUT2D eigenvalue weighted by atomic mass is 10.1. The lowest BCUT2D eigenvalue weighted by Crippen LogP contribution is -2.38. The second kappa shape index (κ2) is 6.73. The molecule has 1 amide bonds. The minimum absolute atomic E-state index is 0.185. The van der Waals surface area contributed by atoms with E-state index in [-0.39, 0.29) is 11.9 Å². The van der Waals surface area contributed by atoms with Crippen molar-refractivity contribution in [3.63, 3.8) is 0 Å². The zero-order valence-corrected chi connectivity index (χ0v) is 13.2. The van der Waals surface area contributed by atoms with E-state index in [9.17, 15) is 22.0 Å². The summed E-state index contributed by atoms with van der Waals surface area (Å²) in [5.74, 6) is -3.64. The summed E-state index contributed by atoms with van der Waals surface area (Å²) in [5.41, 5.74) is 0.321. The van der Waals surface area contributed by atoms with Gasteiger partial charge in [-0.1, -0.05) is 12.8 Å². The molecule has 0 N–H and O–H groups in total. The van der Waals surface area contributed by atoms with E-state index in [0.717, 1.165) is 37.8 Å². The minimum Gasteiger partial charge on any atom is -0.336 e. The third-order valence-corrected chi connectivity index (χ3v) is 5.43. The lowest BCUT2D eigenvalue weighted by Gasteiger charge is -2.27. The standard InChI is InChI=1S/C15H19F2NO3S/c1-2-18(12-5-3-4-6-12)14(19)11-7-9-13(10-8-11)22(20,21)15(16)17/h7-10,12,15H,2-6H2,1H3. The molecule has 0 bridgehead atoms. The molecule has 2 rings (SSSR count). The fraction of sp³-hybridized carbons (Fsp3) is 0.533. The third-order valence-electron chi connectivity index (χ3n) is 4.03. The van der Waals surface area contributed by atoms with E-state index in [0.29, 0.717) is 12.1 Å². The SMILES string of the molecule is CCN(C(=O)c1ccc(S(=O)(=O)C(F)F)cc1)C1CCCC1. The van der Waals surface area contributed by atoms with Crippen LogP contribution in [0.3, 0.4) is 0 Å². The van der Waals surface area contributed by atoms with Crippen molar-refractivity contribution in [3.05, 3.63) is 29.8 Å². The number of carbonyl (C=O) groups excluding carboxylic acids is 1. The molecule has 1 aromatic rings. The van der Waals surface area contributed by atoms with Crippen molar-refractivity contribution in [1.29, 1.82) is 0 Å².